The van der Waals surface area contributed by atoms with Gasteiger partial charge in [0.15, 0.2) is 11.9 Å². The smallest absolute Gasteiger partial charge is 0.181 e. The molecular formula is C12H20N+. The van der Waals surface area contributed by atoms with Crippen LogP contribution in [0.5, 0.6) is 0 Å². The maximum absolute atomic E-state index is 2.29. The highest BCUT2D eigenvalue weighted by Gasteiger charge is 2.13. The van der Waals surface area contributed by atoms with Crippen LogP contribution in [-0.4, -0.2) is 0 Å². The van der Waals surface area contributed by atoms with Crippen LogP contribution in [0.25, 0.3) is 0 Å². The van der Waals surface area contributed by atoms with Gasteiger partial charge in [-0.2, -0.15) is 0 Å². The van der Waals surface area contributed by atoms with E-state index in [2.05, 4.69) is 56.8 Å². The molecule has 0 spiro atoms. The van der Waals surface area contributed by atoms with Crippen molar-refractivity contribution in [3.8, 4) is 0 Å². The lowest BCUT2D eigenvalue weighted by Crippen LogP contribution is -2.33. The van der Waals surface area contributed by atoms with Crippen molar-refractivity contribution in [2.24, 2.45) is 12.5 Å². The van der Waals surface area contributed by atoms with E-state index in [-0.39, 0.29) is 0 Å². The molecule has 0 unspecified atom stereocenters. The van der Waals surface area contributed by atoms with Crippen molar-refractivity contribution in [1.29, 1.82) is 0 Å². The van der Waals surface area contributed by atoms with Crippen molar-refractivity contribution in [2.45, 2.75) is 33.6 Å². The summed E-state index contributed by atoms with van der Waals surface area (Å²) in [4.78, 5) is 0. The first-order chi connectivity index (χ1) is 5.99. The zero-order chi connectivity index (χ0) is 9.90. The Bertz CT molecular complexity index is 271. The highest BCUT2D eigenvalue weighted by molar-refractivity contribution is 4.97. The predicted octanol–water partition coefficient (Wildman–Crippen LogP) is 2.49. The standard InChI is InChI=1S/C12H20N/c1-12(2,3)9-8-11-7-5-6-10-13(11)4/h5-7,10H,8-9H2,1-4H3/q+1. The van der Waals surface area contributed by atoms with Gasteiger partial charge >= 0.3 is 0 Å². The molecule has 1 aromatic heterocycles. The second kappa shape index (κ2) is 3.91. The molecule has 1 nitrogen and oxygen atoms in total. The summed E-state index contributed by atoms with van der Waals surface area (Å²) in [6, 6.07) is 6.38. The van der Waals surface area contributed by atoms with Crippen LogP contribution in [0.15, 0.2) is 24.4 Å². The highest BCUT2D eigenvalue weighted by Crippen LogP contribution is 2.20. The van der Waals surface area contributed by atoms with E-state index < -0.39 is 0 Å². The van der Waals surface area contributed by atoms with Gasteiger partial charge in [-0.1, -0.05) is 26.8 Å². The third-order valence-corrected chi connectivity index (χ3v) is 2.29. The van der Waals surface area contributed by atoms with E-state index in [1.165, 1.54) is 18.5 Å². The monoisotopic (exact) mass is 178 g/mol. The minimum Gasteiger partial charge on any atom is -0.205 e. The lowest BCUT2D eigenvalue weighted by atomic mass is 9.90. The van der Waals surface area contributed by atoms with Gasteiger partial charge in [-0.3, -0.25) is 0 Å². The van der Waals surface area contributed by atoms with Gasteiger partial charge < -0.3 is 0 Å². The summed E-state index contributed by atoms with van der Waals surface area (Å²) in [5.74, 6) is 0. The lowest BCUT2D eigenvalue weighted by Gasteiger charge is -2.16. The molecule has 0 saturated heterocycles. The number of nitrogens with zero attached hydrogens (tertiary/aromatic N) is 1. The van der Waals surface area contributed by atoms with Crippen molar-refractivity contribution in [3.05, 3.63) is 30.1 Å². The first-order valence-corrected chi connectivity index (χ1v) is 4.92. The molecule has 0 N–H and O–H groups in total. The Balaban J connectivity index is 2.60. The van der Waals surface area contributed by atoms with Crippen LogP contribution in [0, 0.1) is 5.41 Å². The molecule has 1 heteroatoms. The van der Waals surface area contributed by atoms with Gasteiger partial charge in [-0.25, -0.2) is 4.57 Å². The molecule has 0 bridgehead atoms. The average molecular weight is 178 g/mol. The van der Waals surface area contributed by atoms with E-state index in [0.717, 1.165) is 0 Å². The minimum atomic E-state index is 0.433. The molecule has 0 atom stereocenters. The molecule has 0 amide bonds. The van der Waals surface area contributed by atoms with Gasteiger partial charge in [0.05, 0.1) is 0 Å². The molecule has 0 aromatic carbocycles. The predicted molar refractivity (Wildman–Crippen MR) is 55.4 cm³/mol. The number of hydrogen-bond acceptors (Lipinski definition) is 0. The average Bonchev–Trinajstić information content (AvgIpc) is 2.01. The molecule has 0 aliphatic rings. The summed E-state index contributed by atoms with van der Waals surface area (Å²) in [5, 5.41) is 0. The molecule has 0 radical (unpaired) electrons. The Hall–Kier alpha value is -0.850. The molecule has 72 valence electrons. The van der Waals surface area contributed by atoms with Crippen LogP contribution < -0.4 is 4.57 Å². The van der Waals surface area contributed by atoms with E-state index in [9.17, 15) is 0 Å². The number of pyridine rings is 1. The van der Waals surface area contributed by atoms with E-state index in [0.29, 0.717) is 5.41 Å². The van der Waals surface area contributed by atoms with Crippen LogP contribution in [0.3, 0.4) is 0 Å². The Morgan fingerprint density at radius 1 is 1.23 bits per heavy atom. The highest BCUT2D eigenvalue weighted by atomic mass is 14.9. The SMILES string of the molecule is C[n+]1ccccc1CCC(C)(C)C. The van der Waals surface area contributed by atoms with Crippen LogP contribution in [0.1, 0.15) is 32.9 Å². The quantitative estimate of drug-likeness (QED) is 0.613. The number of rotatable bonds is 2. The molecule has 0 aliphatic carbocycles. The van der Waals surface area contributed by atoms with Crippen molar-refractivity contribution in [1.82, 2.24) is 0 Å². The van der Waals surface area contributed by atoms with E-state index in [4.69, 9.17) is 0 Å². The summed E-state index contributed by atoms with van der Waals surface area (Å²) in [6.45, 7) is 6.86. The topological polar surface area (TPSA) is 3.88 Å². The Kier molecular flexibility index (Phi) is 3.07. The zero-order valence-corrected chi connectivity index (χ0v) is 9.17. The van der Waals surface area contributed by atoms with Gasteiger partial charge in [0.1, 0.15) is 7.05 Å². The molecule has 0 aliphatic heterocycles. The number of aromatic nitrogens is 1. The third kappa shape index (κ3) is 3.58. The summed E-state index contributed by atoms with van der Waals surface area (Å²) < 4.78 is 2.20. The van der Waals surface area contributed by atoms with E-state index in [1.54, 1.807) is 0 Å². The zero-order valence-electron chi connectivity index (χ0n) is 9.17. The summed E-state index contributed by atoms with van der Waals surface area (Å²) >= 11 is 0. The first-order valence-electron chi connectivity index (χ1n) is 4.92. The lowest BCUT2D eigenvalue weighted by molar-refractivity contribution is -0.679. The van der Waals surface area contributed by atoms with E-state index in [1.807, 2.05) is 0 Å². The fraction of sp³-hybridized carbons (Fsp3) is 0.583. The third-order valence-electron chi connectivity index (χ3n) is 2.29. The molecule has 1 heterocycles. The summed E-state index contributed by atoms with van der Waals surface area (Å²) in [7, 11) is 2.11. The van der Waals surface area contributed by atoms with Gasteiger partial charge in [0, 0.05) is 18.6 Å². The first kappa shape index (κ1) is 10.2. The van der Waals surface area contributed by atoms with Crippen molar-refractivity contribution in [3.63, 3.8) is 0 Å². The van der Waals surface area contributed by atoms with Crippen molar-refractivity contribution < 1.29 is 4.57 Å². The second-order valence-electron chi connectivity index (χ2n) is 4.86. The fourth-order valence-electron chi connectivity index (χ4n) is 1.32. The second-order valence-corrected chi connectivity index (χ2v) is 4.86. The molecule has 1 aromatic rings. The van der Waals surface area contributed by atoms with Crippen molar-refractivity contribution in [2.75, 3.05) is 0 Å². The molecular weight excluding hydrogens is 158 g/mol. The summed E-state index contributed by atoms with van der Waals surface area (Å²) in [5.41, 5.74) is 1.85. The number of aryl methyl sites for hydroxylation is 2. The van der Waals surface area contributed by atoms with Gasteiger partial charge in [0.2, 0.25) is 0 Å². The normalized spacial score (nSPS) is 11.7. The maximum atomic E-state index is 2.29. The molecule has 1 rings (SSSR count). The molecule has 13 heavy (non-hydrogen) atoms. The largest absolute Gasteiger partial charge is 0.205 e. The molecule has 0 saturated carbocycles. The van der Waals surface area contributed by atoms with Crippen molar-refractivity contribution >= 4 is 0 Å². The number of hydrogen-bond donors (Lipinski definition) is 0. The molecule has 0 fully saturated rings. The minimum absolute atomic E-state index is 0.433. The Labute approximate surface area is 81.4 Å². The van der Waals surface area contributed by atoms with Crippen LogP contribution in [0.4, 0.5) is 0 Å². The van der Waals surface area contributed by atoms with Gasteiger partial charge in [-0.15, -0.1) is 0 Å². The Morgan fingerprint density at radius 3 is 2.46 bits per heavy atom. The van der Waals surface area contributed by atoms with Gasteiger partial charge in [-0.05, 0) is 11.8 Å². The summed E-state index contributed by atoms with van der Waals surface area (Å²) in [6.07, 6.45) is 4.52. The van der Waals surface area contributed by atoms with Gasteiger partial charge in [0.25, 0.3) is 0 Å². The van der Waals surface area contributed by atoms with Crippen LogP contribution in [-0.2, 0) is 13.5 Å². The maximum Gasteiger partial charge on any atom is 0.181 e. The Morgan fingerprint density at radius 2 is 1.92 bits per heavy atom. The van der Waals surface area contributed by atoms with Crippen LogP contribution >= 0.6 is 0 Å². The fourth-order valence-corrected chi connectivity index (χ4v) is 1.32. The van der Waals surface area contributed by atoms with Crippen LogP contribution in [0.2, 0.25) is 0 Å². The van der Waals surface area contributed by atoms with E-state index >= 15 is 0 Å².